The van der Waals surface area contributed by atoms with Crippen LogP contribution in [-0.4, -0.2) is 11.6 Å². The van der Waals surface area contributed by atoms with Crippen LogP contribution in [0.25, 0.3) is 0 Å². The molecule has 0 saturated heterocycles. The quantitative estimate of drug-likeness (QED) is 0.516. The summed E-state index contributed by atoms with van der Waals surface area (Å²) in [6.07, 6.45) is 5.22. The molecule has 56 valence electrons. The molecular weight excluding hydrogens is 140 g/mol. The maximum absolute atomic E-state index is 11.2. The van der Waals surface area contributed by atoms with E-state index < -0.39 is 0 Å². The number of allylic oxidation sites excluding steroid dienone is 4. The Kier molecular flexibility index (Phi) is 1.28. The predicted molar refractivity (Wildman–Crippen MR) is 40.0 cm³/mol. The van der Waals surface area contributed by atoms with E-state index in [1.807, 2.05) is 0 Å². The van der Waals surface area contributed by atoms with Crippen LogP contribution in [0.5, 0.6) is 0 Å². The Hall–Kier alpha value is -1.18. The monoisotopic (exact) mass is 148 g/mol. The molecule has 0 bridgehead atoms. The SMILES string of the molecule is O=C1CCC2=C1C=CCC2=O. The lowest BCUT2D eigenvalue weighted by atomic mass is 9.99. The van der Waals surface area contributed by atoms with Gasteiger partial charge in [0.1, 0.15) is 0 Å². The molecule has 2 aliphatic rings. The molecule has 0 aromatic rings. The van der Waals surface area contributed by atoms with Gasteiger partial charge < -0.3 is 0 Å². The van der Waals surface area contributed by atoms with Crippen molar-refractivity contribution in [2.45, 2.75) is 19.3 Å². The lowest BCUT2D eigenvalue weighted by Crippen LogP contribution is -2.05. The summed E-state index contributed by atoms with van der Waals surface area (Å²) in [5.74, 6) is 0.262. The predicted octanol–water partition coefficient (Wildman–Crippen LogP) is 1.17. The Labute approximate surface area is 64.6 Å². The average Bonchev–Trinajstić information content (AvgIpc) is 2.35. The molecule has 0 spiro atoms. The highest BCUT2D eigenvalue weighted by molar-refractivity contribution is 6.13. The Bertz CT molecular complexity index is 295. The molecule has 0 saturated carbocycles. The second-order valence-corrected chi connectivity index (χ2v) is 2.85. The first-order valence-corrected chi connectivity index (χ1v) is 3.75. The molecule has 2 aliphatic carbocycles. The molecular formula is C9H8O2. The lowest BCUT2D eigenvalue weighted by Gasteiger charge is -2.04. The van der Waals surface area contributed by atoms with Crippen molar-refractivity contribution in [3.63, 3.8) is 0 Å². The van der Waals surface area contributed by atoms with Gasteiger partial charge in [-0.15, -0.1) is 0 Å². The topological polar surface area (TPSA) is 34.1 Å². The third kappa shape index (κ3) is 0.862. The van der Waals surface area contributed by atoms with Crippen LogP contribution in [0.15, 0.2) is 23.3 Å². The third-order valence-corrected chi connectivity index (χ3v) is 2.15. The molecule has 0 amide bonds. The fourth-order valence-corrected chi connectivity index (χ4v) is 1.57. The summed E-state index contributed by atoms with van der Waals surface area (Å²) in [4.78, 5) is 22.3. The third-order valence-electron chi connectivity index (χ3n) is 2.15. The number of ketones is 2. The second-order valence-electron chi connectivity index (χ2n) is 2.85. The maximum atomic E-state index is 11.2. The van der Waals surface area contributed by atoms with E-state index in [0.29, 0.717) is 24.8 Å². The van der Waals surface area contributed by atoms with Crippen LogP contribution in [0.1, 0.15) is 19.3 Å². The van der Waals surface area contributed by atoms with E-state index in [9.17, 15) is 9.59 Å². The van der Waals surface area contributed by atoms with Crippen LogP contribution < -0.4 is 0 Å². The Morgan fingerprint density at radius 2 is 1.91 bits per heavy atom. The van der Waals surface area contributed by atoms with Gasteiger partial charge in [-0.1, -0.05) is 12.2 Å². The van der Waals surface area contributed by atoms with Gasteiger partial charge >= 0.3 is 0 Å². The molecule has 2 heteroatoms. The van der Waals surface area contributed by atoms with E-state index >= 15 is 0 Å². The first kappa shape index (κ1) is 6.53. The Morgan fingerprint density at radius 1 is 1.09 bits per heavy atom. The molecule has 2 rings (SSSR count). The van der Waals surface area contributed by atoms with Gasteiger partial charge in [0.05, 0.1) is 0 Å². The van der Waals surface area contributed by atoms with Gasteiger partial charge in [-0.05, 0) is 6.42 Å². The highest BCUT2D eigenvalue weighted by Gasteiger charge is 2.26. The van der Waals surface area contributed by atoms with Crippen molar-refractivity contribution < 1.29 is 9.59 Å². The normalized spacial score (nSPS) is 22.9. The van der Waals surface area contributed by atoms with Crippen molar-refractivity contribution in [2.24, 2.45) is 0 Å². The number of rotatable bonds is 0. The van der Waals surface area contributed by atoms with Gasteiger partial charge in [0.25, 0.3) is 0 Å². The first-order chi connectivity index (χ1) is 5.29. The minimum absolute atomic E-state index is 0.129. The van der Waals surface area contributed by atoms with Crippen molar-refractivity contribution >= 4 is 11.6 Å². The summed E-state index contributed by atoms with van der Waals surface area (Å²) in [6, 6.07) is 0. The van der Waals surface area contributed by atoms with E-state index in [0.717, 1.165) is 5.57 Å². The van der Waals surface area contributed by atoms with Gasteiger partial charge in [0, 0.05) is 24.0 Å². The van der Waals surface area contributed by atoms with Crippen LogP contribution in [0, 0.1) is 0 Å². The number of hydrogen-bond acceptors (Lipinski definition) is 2. The van der Waals surface area contributed by atoms with Crippen LogP contribution >= 0.6 is 0 Å². The van der Waals surface area contributed by atoms with Crippen molar-refractivity contribution in [2.75, 3.05) is 0 Å². The van der Waals surface area contributed by atoms with E-state index in [1.54, 1.807) is 12.2 Å². The van der Waals surface area contributed by atoms with E-state index in [1.165, 1.54) is 0 Å². The molecule has 0 N–H and O–H groups in total. The number of carbonyl (C=O) groups excluding carboxylic acids is 2. The fraction of sp³-hybridized carbons (Fsp3) is 0.333. The summed E-state index contributed by atoms with van der Waals surface area (Å²) < 4.78 is 0. The van der Waals surface area contributed by atoms with Crippen LogP contribution in [0.3, 0.4) is 0 Å². The highest BCUT2D eigenvalue weighted by atomic mass is 16.1. The number of carbonyl (C=O) groups is 2. The molecule has 0 fully saturated rings. The van der Waals surface area contributed by atoms with Crippen LogP contribution in [0.4, 0.5) is 0 Å². The van der Waals surface area contributed by atoms with Crippen molar-refractivity contribution in [3.05, 3.63) is 23.3 Å². The molecule has 11 heavy (non-hydrogen) atoms. The van der Waals surface area contributed by atoms with Gasteiger partial charge in [0.2, 0.25) is 0 Å². The zero-order chi connectivity index (χ0) is 7.84. The summed E-state index contributed by atoms with van der Waals surface area (Å²) in [6.45, 7) is 0. The zero-order valence-electron chi connectivity index (χ0n) is 6.09. The Morgan fingerprint density at radius 3 is 2.64 bits per heavy atom. The van der Waals surface area contributed by atoms with Gasteiger partial charge in [-0.3, -0.25) is 9.59 Å². The molecule has 0 aliphatic heterocycles. The molecule has 2 nitrogen and oxygen atoms in total. The summed E-state index contributed by atoms with van der Waals surface area (Å²) in [5.41, 5.74) is 1.43. The van der Waals surface area contributed by atoms with Crippen molar-refractivity contribution in [1.29, 1.82) is 0 Å². The molecule has 0 radical (unpaired) electrons. The molecule has 0 aromatic carbocycles. The van der Waals surface area contributed by atoms with Gasteiger partial charge in [-0.2, -0.15) is 0 Å². The van der Waals surface area contributed by atoms with Crippen molar-refractivity contribution in [3.8, 4) is 0 Å². The smallest absolute Gasteiger partial charge is 0.163 e. The Balaban J connectivity index is 2.48. The minimum Gasteiger partial charge on any atom is -0.294 e. The summed E-state index contributed by atoms with van der Waals surface area (Å²) in [5, 5.41) is 0. The van der Waals surface area contributed by atoms with Crippen molar-refractivity contribution in [1.82, 2.24) is 0 Å². The first-order valence-electron chi connectivity index (χ1n) is 3.75. The van der Waals surface area contributed by atoms with Gasteiger partial charge in [-0.25, -0.2) is 0 Å². The molecule has 0 heterocycles. The highest BCUT2D eigenvalue weighted by Crippen LogP contribution is 2.28. The molecule has 0 aromatic heterocycles. The van der Waals surface area contributed by atoms with Crippen LogP contribution in [0.2, 0.25) is 0 Å². The minimum atomic E-state index is 0.129. The van der Waals surface area contributed by atoms with Gasteiger partial charge in [0.15, 0.2) is 11.6 Å². The summed E-state index contributed by atoms with van der Waals surface area (Å²) >= 11 is 0. The number of hydrogen-bond donors (Lipinski definition) is 0. The van der Waals surface area contributed by atoms with E-state index in [-0.39, 0.29) is 11.6 Å². The lowest BCUT2D eigenvalue weighted by molar-refractivity contribution is -0.116. The molecule has 0 atom stereocenters. The number of Topliss-reactive ketones (excluding diaryl/α,β-unsaturated/α-hetero) is 2. The van der Waals surface area contributed by atoms with Crippen LogP contribution in [-0.2, 0) is 9.59 Å². The second kappa shape index (κ2) is 2.16. The largest absolute Gasteiger partial charge is 0.294 e. The average molecular weight is 148 g/mol. The summed E-state index contributed by atoms with van der Waals surface area (Å²) in [7, 11) is 0. The van der Waals surface area contributed by atoms with E-state index in [2.05, 4.69) is 0 Å². The van der Waals surface area contributed by atoms with E-state index in [4.69, 9.17) is 0 Å². The maximum Gasteiger partial charge on any atom is 0.163 e. The molecule has 0 unspecified atom stereocenters. The zero-order valence-corrected chi connectivity index (χ0v) is 6.09. The fourth-order valence-electron chi connectivity index (χ4n) is 1.57. The standard InChI is InChI=1S/C9H8O2/c10-8-3-1-2-6-7(8)4-5-9(6)11/h1-2H,3-5H2.